The van der Waals surface area contributed by atoms with Crippen molar-refractivity contribution in [2.24, 2.45) is 0 Å². The number of phenolic OH excluding ortho intramolecular Hbond substituents is 1. The molecule has 0 atom stereocenters. The molecule has 0 saturated carbocycles. The van der Waals surface area contributed by atoms with Gasteiger partial charge in [-0.1, -0.05) is 12.1 Å². The number of ether oxygens (including phenoxy) is 4. The second-order valence-corrected chi connectivity index (χ2v) is 6.60. The number of hydrogen-bond donors (Lipinski definition) is 4. The molecular formula is C22H36Cl3N3O5. The summed E-state index contributed by atoms with van der Waals surface area (Å²) in [5.41, 5.74) is 2.03. The molecule has 2 aromatic rings. The lowest BCUT2D eigenvalue weighted by Gasteiger charge is -2.16. The summed E-state index contributed by atoms with van der Waals surface area (Å²) in [5.74, 6) is 2.59. The Hall–Kier alpha value is -1.81. The Labute approximate surface area is 214 Å². The quantitative estimate of drug-likeness (QED) is 0.278. The normalized spacial score (nSPS) is 9.70. The molecule has 0 bridgehead atoms. The Balaban J connectivity index is 0. The van der Waals surface area contributed by atoms with E-state index in [0.29, 0.717) is 36.1 Å². The maximum atomic E-state index is 9.79. The van der Waals surface area contributed by atoms with Crippen molar-refractivity contribution in [3.8, 4) is 28.7 Å². The van der Waals surface area contributed by atoms with Crippen LogP contribution in [-0.2, 0) is 13.1 Å². The molecule has 0 aliphatic carbocycles. The second kappa shape index (κ2) is 18.6. The van der Waals surface area contributed by atoms with Gasteiger partial charge in [0, 0.05) is 44.8 Å². The fourth-order valence-electron chi connectivity index (χ4n) is 3.08. The topological polar surface area (TPSA) is 93.2 Å². The Morgan fingerprint density at radius 1 is 0.636 bits per heavy atom. The number of hydrogen-bond acceptors (Lipinski definition) is 8. The lowest BCUT2D eigenvalue weighted by atomic mass is 10.1. The van der Waals surface area contributed by atoms with Crippen molar-refractivity contribution < 1.29 is 24.1 Å². The molecule has 0 aliphatic heterocycles. The molecular weight excluding hydrogens is 493 g/mol. The highest BCUT2D eigenvalue weighted by Crippen LogP contribution is 2.39. The first-order chi connectivity index (χ1) is 14.6. The third-order valence-corrected chi connectivity index (χ3v) is 4.63. The third-order valence-electron chi connectivity index (χ3n) is 4.63. The predicted molar refractivity (Wildman–Crippen MR) is 139 cm³/mol. The monoisotopic (exact) mass is 527 g/mol. The fraction of sp³-hybridized carbons (Fsp3) is 0.455. The van der Waals surface area contributed by atoms with E-state index in [0.717, 1.165) is 37.3 Å². The second-order valence-electron chi connectivity index (χ2n) is 6.60. The van der Waals surface area contributed by atoms with Crippen LogP contribution in [0.4, 0.5) is 0 Å². The van der Waals surface area contributed by atoms with Crippen LogP contribution >= 0.6 is 37.2 Å². The molecule has 0 fully saturated rings. The molecule has 0 spiro atoms. The van der Waals surface area contributed by atoms with E-state index in [9.17, 15) is 5.11 Å². The van der Waals surface area contributed by atoms with Crippen LogP contribution < -0.4 is 34.9 Å². The van der Waals surface area contributed by atoms with Crippen molar-refractivity contribution >= 4 is 37.2 Å². The number of benzene rings is 2. The molecule has 11 heteroatoms. The highest BCUT2D eigenvalue weighted by atomic mass is 35.5. The van der Waals surface area contributed by atoms with Crippen molar-refractivity contribution in [1.29, 1.82) is 0 Å². The van der Waals surface area contributed by atoms with Crippen LogP contribution in [-0.4, -0.2) is 59.7 Å². The molecule has 0 radical (unpaired) electrons. The van der Waals surface area contributed by atoms with Crippen molar-refractivity contribution in [3.05, 3.63) is 41.5 Å². The maximum Gasteiger partial charge on any atom is 0.203 e. The Morgan fingerprint density at radius 3 is 1.73 bits per heavy atom. The molecule has 4 N–H and O–H groups in total. The first kappa shape index (κ1) is 33.4. The van der Waals surface area contributed by atoms with E-state index in [1.54, 1.807) is 33.5 Å². The van der Waals surface area contributed by atoms with Gasteiger partial charge in [-0.25, -0.2) is 0 Å². The van der Waals surface area contributed by atoms with Crippen LogP contribution in [0.25, 0.3) is 0 Å². The lowest BCUT2D eigenvalue weighted by Crippen LogP contribution is -2.32. The van der Waals surface area contributed by atoms with Gasteiger partial charge in [0.2, 0.25) is 5.75 Å². The summed E-state index contributed by atoms with van der Waals surface area (Å²) in [5, 5.41) is 19.9. The van der Waals surface area contributed by atoms with Gasteiger partial charge in [0.1, 0.15) is 0 Å². The van der Waals surface area contributed by atoms with Crippen LogP contribution in [0.5, 0.6) is 28.7 Å². The minimum absolute atomic E-state index is 0. The molecule has 8 nitrogen and oxygen atoms in total. The van der Waals surface area contributed by atoms with Crippen molar-refractivity contribution in [2.75, 3.05) is 54.6 Å². The Morgan fingerprint density at radius 2 is 1.18 bits per heavy atom. The lowest BCUT2D eigenvalue weighted by molar-refractivity contribution is 0.321. The molecule has 33 heavy (non-hydrogen) atoms. The summed E-state index contributed by atoms with van der Waals surface area (Å²) in [7, 11) is 6.38. The molecule has 0 heterocycles. The van der Waals surface area contributed by atoms with E-state index in [1.807, 2.05) is 18.2 Å². The predicted octanol–water partition coefficient (Wildman–Crippen LogP) is 3.16. The molecule has 190 valence electrons. The number of phenols is 1. The molecule has 0 aromatic heterocycles. The summed E-state index contributed by atoms with van der Waals surface area (Å²) in [6, 6.07) is 9.27. The van der Waals surface area contributed by atoms with Crippen LogP contribution in [0.1, 0.15) is 11.1 Å². The maximum absolute atomic E-state index is 9.79. The minimum Gasteiger partial charge on any atom is -0.504 e. The molecule has 2 aromatic carbocycles. The number of rotatable bonds is 14. The van der Waals surface area contributed by atoms with Gasteiger partial charge in [0.25, 0.3) is 0 Å². The van der Waals surface area contributed by atoms with Gasteiger partial charge >= 0.3 is 0 Å². The van der Waals surface area contributed by atoms with E-state index in [-0.39, 0.29) is 43.0 Å². The average molecular weight is 529 g/mol. The van der Waals surface area contributed by atoms with Crippen LogP contribution in [0.3, 0.4) is 0 Å². The zero-order chi connectivity index (χ0) is 21.8. The Bertz CT molecular complexity index is 800. The summed E-state index contributed by atoms with van der Waals surface area (Å²) in [6.07, 6.45) is 0. The van der Waals surface area contributed by atoms with Crippen LogP contribution in [0.15, 0.2) is 30.3 Å². The van der Waals surface area contributed by atoms with Gasteiger partial charge in [0.15, 0.2) is 23.0 Å². The van der Waals surface area contributed by atoms with Crippen molar-refractivity contribution in [1.82, 2.24) is 16.0 Å². The van der Waals surface area contributed by atoms with E-state index in [1.165, 1.54) is 7.11 Å². The van der Waals surface area contributed by atoms with Crippen LogP contribution in [0.2, 0.25) is 0 Å². The molecule has 0 aliphatic rings. The van der Waals surface area contributed by atoms with E-state index in [2.05, 4.69) is 16.0 Å². The summed E-state index contributed by atoms with van der Waals surface area (Å²) in [4.78, 5) is 0. The number of nitrogens with one attached hydrogen (secondary N) is 3. The van der Waals surface area contributed by atoms with Crippen molar-refractivity contribution in [2.45, 2.75) is 13.1 Å². The minimum atomic E-state index is 0. The van der Waals surface area contributed by atoms with Gasteiger partial charge in [0.05, 0.1) is 28.4 Å². The largest absolute Gasteiger partial charge is 0.504 e. The first-order valence-electron chi connectivity index (χ1n) is 9.90. The smallest absolute Gasteiger partial charge is 0.203 e. The zero-order valence-electron chi connectivity index (χ0n) is 19.4. The van der Waals surface area contributed by atoms with Gasteiger partial charge in [-0.05, 0) is 23.8 Å². The summed E-state index contributed by atoms with van der Waals surface area (Å²) >= 11 is 0. The highest BCUT2D eigenvalue weighted by Gasteiger charge is 2.15. The number of aromatic hydroxyl groups is 1. The third kappa shape index (κ3) is 10.3. The van der Waals surface area contributed by atoms with Crippen molar-refractivity contribution in [3.63, 3.8) is 0 Å². The number of methoxy groups -OCH3 is 4. The first-order valence-corrected chi connectivity index (χ1v) is 9.90. The molecule has 0 saturated heterocycles. The zero-order valence-corrected chi connectivity index (χ0v) is 21.9. The number of halogens is 3. The van der Waals surface area contributed by atoms with E-state index in [4.69, 9.17) is 18.9 Å². The molecule has 0 amide bonds. The Kier molecular flexibility index (Phi) is 18.8. The van der Waals surface area contributed by atoms with Gasteiger partial charge in [-0.15, -0.1) is 37.2 Å². The van der Waals surface area contributed by atoms with Gasteiger partial charge in [-0.3, -0.25) is 0 Å². The fourth-order valence-corrected chi connectivity index (χ4v) is 3.08. The standard InChI is InChI=1S/C22H33N3O5.3ClH/c1-27-19-7-5-16(13-18(19)26)14-24-11-9-23-10-12-25-15-17-6-8-20(28-2)22(30-4)21(17)29-3;;;/h5-8,13,23-26H,9-12,14-15H2,1-4H3;3*1H. The average Bonchev–Trinajstić information content (AvgIpc) is 2.77. The van der Waals surface area contributed by atoms with Gasteiger partial charge in [-0.2, -0.15) is 0 Å². The van der Waals surface area contributed by atoms with Crippen LogP contribution in [0, 0.1) is 0 Å². The highest BCUT2D eigenvalue weighted by molar-refractivity contribution is 5.86. The molecule has 0 unspecified atom stereocenters. The van der Waals surface area contributed by atoms with E-state index >= 15 is 0 Å². The SMILES string of the molecule is COc1ccc(CNCCNCCNCc2ccc(OC)c(OC)c2OC)cc1O.Cl.Cl.Cl. The molecule has 2 rings (SSSR count). The van der Waals surface area contributed by atoms with E-state index < -0.39 is 0 Å². The summed E-state index contributed by atoms with van der Waals surface area (Å²) in [6.45, 7) is 4.71. The van der Waals surface area contributed by atoms with Gasteiger partial charge < -0.3 is 40.0 Å². The summed E-state index contributed by atoms with van der Waals surface area (Å²) < 4.78 is 21.3.